The number of nitrogens with one attached hydrogen (secondary N) is 1. The van der Waals surface area contributed by atoms with Gasteiger partial charge < -0.3 is 10.2 Å². The Morgan fingerprint density at radius 2 is 2.11 bits per heavy atom. The molecule has 0 spiro atoms. The molecule has 0 fully saturated rings. The highest BCUT2D eigenvalue weighted by Crippen LogP contribution is 2.04. The zero-order chi connectivity index (χ0) is 13.4. The molecule has 0 bridgehead atoms. The maximum Gasteiger partial charge on any atom is 0.252 e. The van der Waals surface area contributed by atoms with Gasteiger partial charge in [0.1, 0.15) is 5.15 Å². The van der Waals surface area contributed by atoms with Crippen LogP contribution < -0.4 is 5.32 Å². The van der Waals surface area contributed by atoms with E-state index in [-0.39, 0.29) is 5.91 Å². The third-order valence-corrected chi connectivity index (χ3v) is 3.04. The van der Waals surface area contributed by atoms with Crippen molar-refractivity contribution in [2.24, 2.45) is 0 Å². The van der Waals surface area contributed by atoms with Crippen LogP contribution in [0.1, 0.15) is 30.6 Å². The molecular formula is C13H20ClN3O. The largest absolute Gasteiger partial charge is 0.352 e. The molecule has 0 aliphatic carbocycles. The second-order valence-corrected chi connectivity index (χ2v) is 4.39. The predicted molar refractivity (Wildman–Crippen MR) is 74.0 cm³/mol. The molecule has 5 heteroatoms. The SMILES string of the molecule is CCN(CC)CCCNC(=O)c1ccc(Cl)nc1. The van der Waals surface area contributed by atoms with E-state index in [1.165, 1.54) is 6.20 Å². The fourth-order valence-electron chi connectivity index (χ4n) is 1.66. The highest BCUT2D eigenvalue weighted by atomic mass is 35.5. The Morgan fingerprint density at radius 1 is 1.39 bits per heavy atom. The molecule has 1 rings (SSSR count). The molecule has 1 aromatic heterocycles. The highest BCUT2D eigenvalue weighted by molar-refractivity contribution is 6.29. The van der Waals surface area contributed by atoms with Crippen LogP contribution in [0.4, 0.5) is 0 Å². The van der Waals surface area contributed by atoms with Crippen molar-refractivity contribution in [1.82, 2.24) is 15.2 Å². The number of amides is 1. The van der Waals surface area contributed by atoms with E-state index in [4.69, 9.17) is 11.6 Å². The van der Waals surface area contributed by atoms with Crippen LogP contribution in [0.3, 0.4) is 0 Å². The Balaban J connectivity index is 2.27. The minimum absolute atomic E-state index is 0.0984. The molecule has 0 radical (unpaired) electrons. The van der Waals surface area contributed by atoms with Gasteiger partial charge in [0.05, 0.1) is 5.56 Å². The summed E-state index contributed by atoms with van der Waals surface area (Å²) < 4.78 is 0. The molecule has 0 atom stereocenters. The van der Waals surface area contributed by atoms with E-state index in [0.717, 1.165) is 26.1 Å². The van der Waals surface area contributed by atoms with Crippen LogP contribution in [-0.2, 0) is 0 Å². The van der Waals surface area contributed by atoms with Crippen LogP contribution in [-0.4, -0.2) is 42.0 Å². The summed E-state index contributed by atoms with van der Waals surface area (Å²) in [6.45, 7) is 8.06. The molecule has 0 saturated heterocycles. The maximum atomic E-state index is 11.7. The van der Waals surface area contributed by atoms with E-state index in [0.29, 0.717) is 17.3 Å². The smallest absolute Gasteiger partial charge is 0.252 e. The second kappa shape index (κ2) is 8.06. The first-order valence-corrected chi connectivity index (χ1v) is 6.67. The molecule has 18 heavy (non-hydrogen) atoms. The Hall–Kier alpha value is -1.13. The summed E-state index contributed by atoms with van der Waals surface area (Å²) in [5.74, 6) is -0.0984. The van der Waals surface area contributed by atoms with Gasteiger partial charge in [-0.3, -0.25) is 4.79 Å². The molecule has 1 aromatic rings. The molecular weight excluding hydrogens is 250 g/mol. The van der Waals surface area contributed by atoms with Gasteiger partial charge in [-0.2, -0.15) is 0 Å². The molecule has 4 nitrogen and oxygen atoms in total. The zero-order valence-corrected chi connectivity index (χ0v) is 11.7. The van der Waals surface area contributed by atoms with E-state index >= 15 is 0 Å². The fraction of sp³-hybridized carbons (Fsp3) is 0.538. The molecule has 1 amide bonds. The van der Waals surface area contributed by atoms with Crippen LogP contribution in [0, 0.1) is 0 Å². The third kappa shape index (κ3) is 5.02. The lowest BCUT2D eigenvalue weighted by Crippen LogP contribution is -2.29. The number of aromatic nitrogens is 1. The van der Waals surface area contributed by atoms with Crippen molar-refractivity contribution < 1.29 is 4.79 Å². The lowest BCUT2D eigenvalue weighted by atomic mass is 10.2. The highest BCUT2D eigenvalue weighted by Gasteiger charge is 2.05. The van der Waals surface area contributed by atoms with Crippen LogP contribution in [0.25, 0.3) is 0 Å². The zero-order valence-electron chi connectivity index (χ0n) is 10.9. The van der Waals surface area contributed by atoms with E-state index in [1.807, 2.05) is 0 Å². The van der Waals surface area contributed by atoms with Gasteiger partial charge in [0.2, 0.25) is 0 Å². The van der Waals surface area contributed by atoms with Crippen molar-refractivity contribution in [1.29, 1.82) is 0 Å². The van der Waals surface area contributed by atoms with Gasteiger partial charge in [-0.15, -0.1) is 0 Å². The minimum Gasteiger partial charge on any atom is -0.352 e. The molecule has 0 aliphatic rings. The van der Waals surface area contributed by atoms with E-state index < -0.39 is 0 Å². The Bertz CT molecular complexity index is 363. The number of carbonyl (C=O) groups is 1. The molecule has 100 valence electrons. The lowest BCUT2D eigenvalue weighted by molar-refractivity contribution is 0.0951. The molecule has 1 N–H and O–H groups in total. The number of carbonyl (C=O) groups excluding carboxylic acids is 1. The summed E-state index contributed by atoms with van der Waals surface area (Å²) in [5.41, 5.74) is 0.544. The summed E-state index contributed by atoms with van der Waals surface area (Å²) in [7, 11) is 0. The average molecular weight is 270 g/mol. The van der Waals surface area contributed by atoms with Crippen molar-refractivity contribution in [2.45, 2.75) is 20.3 Å². The molecule has 0 aromatic carbocycles. The van der Waals surface area contributed by atoms with Crippen LogP contribution in [0.5, 0.6) is 0 Å². The summed E-state index contributed by atoms with van der Waals surface area (Å²) in [6, 6.07) is 3.29. The van der Waals surface area contributed by atoms with E-state index in [2.05, 4.69) is 29.0 Å². The fourth-order valence-corrected chi connectivity index (χ4v) is 1.77. The Morgan fingerprint density at radius 3 is 2.67 bits per heavy atom. The van der Waals surface area contributed by atoms with Gasteiger partial charge in [-0.1, -0.05) is 25.4 Å². The van der Waals surface area contributed by atoms with Crippen LogP contribution in [0.15, 0.2) is 18.3 Å². The van der Waals surface area contributed by atoms with Crippen molar-refractivity contribution in [3.8, 4) is 0 Å². The topological polar surface area (TPSA) is 45.2 Å². The quantitative estimate of drug-likeness (QED) is 0.610. The van der Waals surface area contributed by atoms with Gasteiger partial charge in [0, 0.05) is 12.7 Å². The van der Waals surface area contributed by atoms with Crippen molar-refractivity contribution >= 4 is 17.5 Å². The number of pyridine rings is 1. The van der Waals surface area contributed by atoms with Gasteiger partial charge in [-0.05, 0) is 38.2 Å². The first kappa shape index (κ1) is 14.9. The van der Waals surface area contributed by atoms with Gasteiger partial charge in [0.25, 0.3) is 5.91 Å². The number of halogens is 1. The van der Waals surface area contributed by atoms with E-state index in [9.17, 15) is 4.79 Å². The predicted octanol–water partition coefficient (Wildman–Crippen LogP) is 2.20. The van der Waals surface area contributed by atoms with Gasteiger partial charge in [0.15, 0.2) is 0 Å². The number of rotatable bonds is 7. The first-order chi connectivity index (χ1) is 8.67. The summed E-state index contributed by atoms with van der Waals surface area (Å²) in [6.07, 6.45) is 2.44. The molecule has 0 aliphatic heterocycles. The van der Waals surface area contributed by atoms with Crippen molar-refractivity contribution in [2.75, 3.05) is 26.2 Å². The second-order valence-electron chi connectivity index (χ2n) is 4.01. The van der Waals surface area contributed by atoms with Crippen molar-refractivity contribution in [3.63, 3.8) is 0 Å². The van der Waals surface area contributed by atoms with Crippen LogP contribution >= 0.6 is 11.6 Å². The van der Waals surface area contributed by atoms with Gasteiger partial charge >= 0.3 is 0 Å². The minimum atomic E-state index is -0.0984. The summed E-state index contributed by atoms with van der Waals surface area (Å²) >= 11 is 5.66. The standard InChI is InChI=1S/C13H20ClN3O/c1-3-17(4-2)9-5-8-15-13(18)11-6-7-12(14)16-10-11/h6-7,10H,3-5,8-9H2,1-2H3,(H,15,18). The van der Waals surface area contributed by atoms with Gasteiger partial charge in [-0.25, -0.2) is 4.98 Å². The maximum absolute atomic E-state index is 11.7. The number of nitrogens with zero attached hydrogens (tertiary/aromatic N) is 2. The Kier molecular flexibility index (Phi) is 6.68. The molecule has 0 unspecified atom stereocenters. The molecule has 1 heterocycles. The number of hydrogen-bond donors (Lipinski definition) is 1. The number of hydrogen-bond acceptors (Lipinski definition) is 3. The average Bonchev–Trinajstić information content (AvgIpc) is 2.39. The van der Waals surface area contributed by atoms with Crippen molar-refractivity contribution in [3.05, 3.63) is 29.0 Å². The summed E-state index contributed by atoms with van der Waals surface area (Å²) in [5, 5.41) is 3.27. The monoisotopic (exact) mass is 269 g/mol. The Labute approximate surface area is 113 Å². The lowest BCUT2D eigenvalue weighted by Gasteiger charge is -2.17. The molecule has 0 saturated carbocycles. The van der Waals surface area contributed by atoms with Crippen LogP contribution in [0.2, 0.25) is 5.15 Å². The third-order valence-electron chi connectivity index (χ3n) is 2.82. The summed E-state index contributed by atoms with van der Waals surface area (Å²) in [4.78, 5) is 17.9. The normalized spacial score (nSPS) is 10.7. The first-order valence-electron chi connectivity index (χ1n) is 6.29. The van der Waals surface area contributed by atoms with E-state index in [1.54, 1.807) is 12.1 Å².